The summed E-state index contributed by atoms with van der Waals surface area (Å²) in [6, 6.07) is 5.54. The normalized spacial score (nSPS) is 12.2. The molecule has 1 aromatic carbocycles. The van der Waals surface area contributed by atoms with E-state index in [0.29, 0.717) is 17.9 Å². The van der Waals surface area contributed by atoms with Gasteiger partial charge in [0.2, 0.25) is 0 Å². The quantitative estimate of drug-likeness (QED) is 0.818. The van der Waals surface area contributed by atoms with E-state index < -0.39 is 6.10 Å². The highest BCUT2D eigenvalue weighted by molar-refractivity contribution is 9.09. The number of hydrogen-bond donors (Lipinski definition) is 1. The van der Waals surface area contributed by atoms with Crippen LogP contribution < -0.4 is 9.47 Å². The molecular formula is C12H17BrO3. The second-order valence-electron chi connectivity index (χ2n) is 3.43. The molecule has 0 aliphatic rings. The molecule has 0 amide bonds. The number of ether oxygens (including phenoxy) is 2. The monoisotopic (exact) mass is 288 g/mol. The van der Waals surface area contributed by atoms with Crippen LogP contribution in [-0.2, 0) is 0 Å². The zero-order chi connectivity index (χ0) is 12.0. The van der Waals surface area contributed by atoms with Gasteiger partial charge in [-0.1, -0.05) is 28.1 Å². The van der Waals surface area contributed by atoms with Crippen LogP contribution in [0.2, 0.25) is 0 Å². The van der Waals surface area contributed by atoms with E-state index in [1.807, 2.05) is 18.2 Å². The van der Waals surface area contributed by atoms with Crippen LogP contribution in [-0.4, -0.2) is 24.7 Å². The van der Waals surface area contributed by atoms with Crippen molar-refractivity contribution in [3.63, 3.8) is 0 Å². The summed E-state index contributed by atoms with van der Waals surface area (Å²) in [5, 5.41) is 10.9. The highest BCUT2D eigenvalue weighted by Crippen LogP contribution is 2.35. The Balaban J connectivity index is 2.93. The van der Waals surface area contributed by atoms with Crippen LogP contribution in [0.15, 0.2) is 18.2 Å². The topological polar surface area (TPSA) is 38.7 Å². The van der Waals surface area contributed by atoms with E-state index in [-0.39, 0.29) is 0 Å². The fraction of sp³-hybridized carbons (Fsp3) is 0.500. The third kappa shape index (κ3) is 3.12. The van der Waals surface area contributed by atoms with E-state index in [2.05, 4.69) is 15.9 Å². The molecule has 0 spiro atoms. The molecule has 90 valence electrons. The molecule has 0 saturated carbocycles. The lowest BCUT2D eigenvalue weighted by Gasteiger charge is -2.16. The predicted octanol–water partition coefficient (Wildman–Crippen LogP) is 2.91. The van der Waals surface area contributed by atoms with Crippen LogP contribution in [0, 0.1) is 0 Å². The highest BCUT2D eigenvalue weighted by Gasteiger charge is 2.16. The fourth-order valence-electron chi connectivity index (χ4n) is 1.60. The van der Waals surface area contributed by atoms with E-state index in [4.69, 9.17) is 9.47 Å². The number of benzene rings is 1. The minimum Gasteiger partial charge on any atom is -0.493 e. The largest absolute Gasteiger partial charge is 0.493 e. The summed E-state index contributed by atoms with van der Waals surface area (Å²) in [5.74, 6) is 1.27. The van der Waals surface area contributed by atoms with Crippen LogP contribution >= 0.6 is 15.9 Å². The Hall–Kier alpha value is -0.740. The Bertz CT molecular complexity index is 328. The van der Waals surface area contributed by atoms with Gasteiger partial charge in [-0.2, -0.15) is 0 Å². The number of alkyl halides is 1. The zero-order valence-electron chi connectivity index (χ0n) is 9.57. The van der Waals surface area contributed by atoms with Crippen molar-refractivity contribution in [2.75, 3.05) is 19.5 Å². The Labute approximate surface area is 105 Å². The number of rotatable bonds is 6. The Morgan fingerprint density at radius 2 is 2.06 bits per heavy atom. The molecule has 4 heteroatoms. The van der Waals surface area contributed by atoms with Gasteiger partial charge in [-0.05, 0) is 18.9 Å². The summed E-state index contributed by atoms with van der Waals surface area (Å²) in [4.78, 5) is 0. The van der Waals surface area contributed by atoms with Crippen LogP contribution in [0.4, 0.5) is 0 Å². The van der Waals surface area contributed by atoms with Crippen molar-refractivity contribution in [1.29, 1.82) is 0 Å². The van der Waals surface area contributed by atoms with Gasteiger partial charge < -0.3 is 14.6 Å². The van der Waals surface area contributed by atoms with Gasteiger partial charge in [0.25, 0.3) is 0 Å². The first kappa shape index (κ1) is 13.3. The van der Waals surface area contributed by atoms with Gasteiger partial charge in [-0.3, -0.25) is 0 Å². The molecule has 1 atom stereocenters. The Morgan fingerprint density at radius 3 is 2.62 bits per heavy atom. The van der Waals surface area contributed by atoms with Crippen molar-refractivity contribution >= 4 is 15.9 Å². The molecule has 1 rings (SSSR count). The molecule has 3 nitrogen and oxygen atoms in total. The molecule has 1 aromatic rings. The number of aliphatic hydroxyl groups is 1. The summed E-state index contributed by atoms with van der Waals surface area (Å²) in [6.07, 6.45) is 1.11. The molecule has 0 aromatic heterocycles. The summed E-state index contributed by atoms with van der Waals surface area (Å²) in [7, 11) is 3.17. The van der Waals surface area contributed by atoms with Crippen molar-refractivity contribution in [3.8, 4) is 11.5 Å². The maximum atomic E-state index is 10.0. The number of methoxy groups -OCH3 is 2. The highest BCUT2D eigenvalue weighted by atomic mass is 79.9. The minimum atomic E-state index is -0.511. The van der Waals surface area contributed by atoms with Gasteiger partial charge in [0.15, 0.2) is 11.5 Å². The molecule has 1 N–H and O–H groups in total. The minimum absolute atomic E-state index is 0.511. The Morgan fingerprint density at radius 1 is 1.31 bits per heavy atom. The van der Waals surface area contributed by atoms with Crippen LogP contribution in [0.1, 0.15) is 24.5 Å². The molecule has 0 aliphatic carbocycles. The lowest BCUT2D eigenvalue weighted by Crippen LogP contribution is -2.02. The molecule has 0 bridgehead atoms. The number of hydrogen-bond acceptors (Lipinski definition) is 3. The summed E-state index contributed by atoms with van der Waals surface area (Å²) in [6.45, 7) is 0. The number of halogens is 1. The van der Waals surface area contributed by atoms with Gasteiger partial charge in [-0.25, -0.2) is 0 Å². The third-order valence-corrected chi connectivity index (χ3v) is 2.96. The van der Waals surface area contributed by atoms with Gasteiger partial charge >= 0.3 is 0 Å². The SMILES string of the molecule is COc1cccc(C(O)CCCBr)c1OC. The summed E-state index contributed by atoms with van der Waals surface area (Å²) < 4.78 is 10.5. The fourth-order valence-corrected chi connectivity index (χ4v) is 1.92. The smallest absolute Gasteiger partial charge is 0.166 e. The Kier molecular flexibility index (Phi) is 5.63. The van der Waals surface area contributed by atoms with Gasteiger partial charge in [0.05, 0.1) is 20.3 Å². The lowest BCUT2D eigenvalue weighted by molar-refractivity contribution is 0.162. The zero-order valence-corrected chi connectivity index (χ0v) is 11.2. The van der Waals surface area contributed by atoms with Crippen molar-refractivity contribution in [3.05, 3.63) is 23.8 Å². The summed E-state index contributed by atoms with van der Waals surface area (Å²) >= 11 is 3.35. The van der Waals surface area contributed by atoms with Crippen LogP contribution in [0.3, 0.4) is 0 Å². The maximum Gasteiger partial charge on any atom is 0.166 e. The van der Waals surface area contributed by atoms with Crippen molar-refractivity contribution in [2.45, 2.75) is 18.9 Å². The summed E-state index contributed by atoms with van der Waals surface area (Å²) in [5.41, 5.74) is 0.780. The first-order chi connectivity index (χ1) is 7.74. The molecule has 0 fully saturated rings. The molecule has 0 aliphatic heterocycles. The first-order valence-corrected chi connectivity index (χ1v) is 6.31. The average molecular weight is 289 g/mol. The van der Waals surface area contributed by atoms with E-state index in [9.17, 15) is 5.11 Å². The molecule has 0 heterocycles. The molecule has 1 unspecified atom stereocenters. The van der Waals surface area contributed by atoms with Crippen LogP contribution in [0.25, 0.3) is 0 Å². The molecule has 0 radical (unpaired) electrons. The molecule has 0 saturated heterocycles. The van der Waals surface area contributed by atoms with Crippen molar-refractivity contribution in [2.24, 2.45) is 0 Å². The predicted molar refractivity (Wildman–Crippen MR) is 67.5 cm³/mol. The molecular weight excluding hydrogens is 272 g/mol. The van der Waals surface area contributed by atoms with Crippen LogP contribution in [0.5, 0.6) is 11.5 Å². The number of para-hydroxylation sites is 1. The van der Waals surface area contributed by atoms with E-state index in [1.165, 1.54) is 0 Å². The average Bonchev–Trinajstić information content (AvgIpc) is 2.34. The van der Waals surface area contributed by atoms with Gasteiger partial charge in [0.1, 0.15) is 0 Å². The van der Waals surface area contributed by atoms with Gasteiger partial charge in [-0.15, -0.1) is 0 Å². The van der Waals surface area contributed by atoms with E-state index in [0.717, 1.165) is 17.3 Å². The third-order valence-electron chi connectivity index (χ3n) is 2.40. The van der Waals surface area contributed by atoms with Gasteiger partial charge in [0, 0.05) is 10.9 Å². The maximum absolute atomic E-state index is 10.0. The standard InChI is InChI=1S/C12H17BrO3/c1-15-11-7-3-5-9(12(11)16-2)10(14)6-4-8-13/h3,5,7,10,14H,4,6,8H2,1-2H3. The van der Waals surface area contributed by atoms with Crippen molar-refractivity contribution < 1.29 is 14.6 Å². The van der Waals surface area contributed by atoms with E-state index in [1.54, 1.807) is 14.2 Å². The number of aliphatic hydroxyl groups excluding tert-OH is 1. The first-order valence-electron chi connectivity index (χ1n) is 5.19. The second kappa shape index (κ2) is 6.76. The van der Waals surface area contributed by atoms with E-state index >= 15 is 0 Å². The second-order valence-corrected chi connectivity index (χ2v) is 4.22. The lowest BCUT2D eigenvalue weighted by atomic mass is 10.0. The molecule has 16 heavy (non-hydrogen) atoms. The van der Waals surface area contributed by atoms with Crippen molar-refractivity contribution in [1.82, 2.24) is 0 Å².